The fraction of sp³-hybridized carbons (Fsp3) is 0.481. The Labute approximate surface area is 419 Å². The summed E-state index contributed by atoms with van der Waals surface area (Å²) in [6.07, 6.45) is 0.860. The molecule has 4 aromatic rings. The Morgan fingerprint density at radius 2 is 1.77 bits per heavy atom. The standard InChI is InChI=1S/C54H63ClN6O8S/c1-32-45(70-31-57-32)35-18-16-34(17-19-35)42(29-62)58-47(65)43-25-37(63)28-60(43)49(67)46(52(2,3)4)59-44(64)30-68-23-13-11-10-12-14-33-15-21-39-36(24-33)27-61(48(39)66)50-53(5,6)51(54(50,7)8)69-38-20-22-41(56-9)40(55)26-38/h15-22,24,26,31,37,42-43,46,50-51,62-63H,10-11,13,23,25,27-30H2,1-8H3,(H,58,65)(H,59,64)/t37-,42+,43+,46-,50?,51?/m1/s1. The number of β-amino-alcohol motifs (C(OH)–C–C–N with tert-alkyl or cyclic N) is 1. The Morgan fingerprint density at radius 1 is 1.04 bits per heavy atom. The lowest BCUT2D eigenvalue weighted by Gasteiger charge is -2.65. The Hall–Kier alpha value is -5.81. The van der Waals surface area contributed by atoms with Crippen LogP contribution >= 0.6 is 22.9 Å². The average molecular weight is 992 g/mol. The van der Waals surface area contributed by atoms with E-state index in [9.17, 15) is 29.4 Å². The fourth-order valence-corrected chi connectivity index (χ4v) is 11.7. The van der Waals surface area contributed by atoms with Gasteiger partial charge in [-0.05, 0) is 72.2 Å². The smallest absolute Gasteiger partial charge is 0.254 e. The van der Waals surface area contributed by atoms with Gasteiger partial charge in [-0.1, -0.05) is 102 Å². The number of halogens is 1. The van der Waals surface area contributed by atoms with E-state index in [-0.39, 0.29) is 55.1 Å². The van der Waals surface area contributed by atoms with Crippen LogP contribution in [-0.4, -0.2) is 105 Å². The summed E-state index contributed by atoms with van der Waals surface area (Å²) in [7, 11) is 0. The SMILES string of the molecule is [C-]#[N+]c1ccc(OC2C(C)(C)C(N3Cc4cc(C#CCCCCOCC(=O)N[C@H](C(=O)N5C[C@H](O)C[C@H]5C(=O)N[C@@H](CO)c5ccc(-c6scnc6C)cc5)C(C)(C)C)ccc4C3=O)C2(C)C)cc1Cl. The number of hydrogen-bond acceptors (Lipinski definition) is 10. The lowest BCUT2D eigenvalue weighted by atomic mass is 9.49. The van der Waals surface area contributed by atoms with Crippen LogP contribution in [-0.2, 0) is 25.7 Å². The highest BCUT2D eigenvalue weighted by atomic mass is 35.5. The van der Waals surface area contributed by atoms with E-state index >= 15 is 0 Å². The van der Waals surface area contributed by atoms with Gasteiger partial charge in [0, 0.05) is 60.5 Å². The molecule has 0 unspecified atom stereocenters. The van der Waals surface area contributed by atoms with Gasteiger partial charge >= 0.3 is 0 Å². The Bertz CT molecular complexity index is 2700. The number of nitrogens with zero attached hydrogens (tertiary/aromatic N) is 4. The van der Waals surface area contributed by atoms with Crippen LogP contribution in [0.4, 0.5) is 5.69 Å². The quantitative estimate of drug-likeness (QED) is 0.0492. The third-order valence-corrected chi connectivity index (χ3v) is 15.0. The second-order valence-electron chi connectivity index (χ2n) is 20.8. The number of aryl methyl sites for hydroxylation is 1. The van der Waals surface area contributed by atoms with Crippen molar-refractivity contribution in [3.05, 3.63) is 111 Å². The van der Waals surface area contributed by atoms with Crippen LogP contribution in [0.1, 0.15) is 113 Å². The molecule has 0 radical (unpaired) electrons. The number of aromatic nitrogens is 1. The van der Waals surface area contributed by atoms with Crippen LogP contribution in [0.2, 0.25) is 5.02 Å². The summed E-state index contributed by atoms with van der Waals surface area (Å²) in [5.74, 6) is 5.56. The lowest BCUT2D eigenvalue weighted by molar-refractivity contribution is -0.199. The summed E-state index contributed by atoms with van der Waals surface area (Å²) in [4.78, 5) is 66.8. The predicted molar refractivity (Wildman–Crippen MR) is 269 cm³/mol. The highest BCUT2D eigenvalue weighted by Gasteiger charge is 2.67. The maximum Gasteiger partial charge on any atom is 0.254 e. The molecular formula is C54H63ClN6O8S. The van der Waals surface area contributed by atoms with Gasteiger partial charge in [-0.3, -0.25) is 19.2 Å². The average Bonchev–Trinajstić information content (AvgIpc) is 4.02. The lowest BCUT2D eigenvalue weighted by Crippen LogP contribution is -2.74. The topological polar surface area (TPSA) is 175 Å². The van der Waals surface area contributed by atoms with Crippen LogP contribution in [0.3, 0.4) is 0 Å². The zero-order chi connectivity index (χ0) is 50.7. The molecule has 4 amide bonds. The summed E-state index contributed by atoms with van der Waals surface area (Å²) in [6, 6.07) is 15.5. The van der Waals surface area contributed by atoms with Crippen LogP contribution in [0.25, 0.3) is 15.3 Å². The van der Waals surface area contributed by atoms with E-state index in [0.717, 1.165) is 33.7 Å². The van der Waals surface area contributed by atoms with Gasteiger partial charge < -0.3 is 40.1 Å². The third kappa shape index (κ3) is 11.0. The van der Waals surface area contributed by atoms with Crippen molar-refractivity contribution in [2.45, 2.75) is 124 Å². The van der Waals surface area contributed by atoms with E-state index in [2.05, 4.69) is 60.0 Å². The number of thiazole rings is 1. The number of benzene rings is 3. The van der Waals surface area contributed by atoms with E-state index in [1.165, 1.54) is 16.2 Å². The molecule has 1 aromatic heterocycles. The molecule has 0 bridgehead atoms. The van der Waals surface area contributed by atoms with Crippen LogP contribution in [0, 0.1) is 41.6 Å². The molecule has 3 aromatic carbocycles. The number of carbonyl (C=O) groups is 4. The second kappa shape index (κ2) is 21.3. The van der Waals surface area contributed by atoms with E-state index in [1.54, 1.807) is 23.7 Å². The minimum atomic E-state index is -1.01. The van der Waals surface area contributed by atoms with Crippen molar-refractivity contribution < 1.29 is 38.9 Å². The maximum atomic E-state index is 14.1. The molecule has 2 fully saturated rings. The summed E-state index contributed by atoms with van der Waals surface area (Å²) >= 11 is 7.83. The number of rotatable bonds is 16. The molecule has 16 heteroatoms. The van der Waals surface area contributed by atoms with Crippen molar-refractivity contribution in [2.75, 3.05) is 26.4 Å². The number of aliphatic hydroxyl groups excluding tert-OH is 2. The number of fused-ring (bicyclic) bond motifs is 1. The highest BCUT2D eigenvalue weighted by Crippen LogP contribution is 2.59. The normalized spacial score (nSPS) is 20.9. The maximum absolute atomic E-state index is 14.1. The number of hydrogen-bond donors (Lipinski definition) is 4. The summed E-state index contributed by atoms with van der Waals surface area (Å²) in [5, 5.41) is 27.0. The zero-order valence-electron chi connectivity index (χ0n) is 41.1. The van der Waals surface area contributed by atoms with Crippen molar-refractivity contribution in [1.82, 2.24) is 25.4 Å². The number of carbonyl (C=O) groups excluding carboxylic acids is 4. The fourth-order valence-electron chi connectivity index (χ4n) is 10.7. The molecule has 370 valence electrons. The first kappa shape index (κ1) is 52.0. The van der Waals surface area contributed by atoms with Gasteiger partial charge in [0.25, 0.3) is 5.91 Å². The van der Waals surface area contributed by atoms with E-state index in [4.69, 9.17) is 27.6 Å². The van der Waals surface area contributed by atoms with Crippen molar-refractivity contribution >= 4 is 52.3 Å². The molecule has 70 heavy (non-hydrogen) atoms. The Morgan fingerprint density at radius 3 is 2.41 bits per heavy atom. The van der Waals surface area contributed by atoms with Crippen molar-refractivity contribution in [1.29, 1.82) is 0 Å². The predicted octanol–water partition coefficient (Wildman–Crippen LogP) is 8.04. The van der Waals surface area contributed by atoms with Gasteiger partial charge in [-0.25, -0.2) is 9.83 Å². The summed E-state index contributed by atoms with van der Waals surface area (Å²) in [6.45, 7) is 23.2. The Balaban J connectivity index is 0.855. The van der Waals surface area contributed by atoms with E-state index < -0.39 is 47.4 Å². The summed E-state index contributed by atoms with van der Waals surface area (Å²) < 4.78 is 12.2. The molecule has 14 nitrogen and oxygen atoms in total. The molecule has 2 aliphatic heterocycles. The van der Waals surface area contributed by atoms with Crippen LogP contribution < -0.4 is 15.4 Å². The van der Waals surface area contributed by atoms with Gasteiger partial charge in [0.05, 0.1) is 46.4 Å². The molecule has 3 aliphatic rings. The Kier molecular flexibility index (Phi) is 15.8. The number of amides is 4. The minimum Gasteiger partial charge on any atom is -0.489 e. The molecule has 1 aliphatic carbocycles. The van der Waals surface area contributed by atoms with Crippen LogP contribution in [0.15, 0.2) is 66.2 Å². The van der Waals surface area contributed by atoms with E-state index in [0.29, 0.717) is 53.6 Å². The highest BCUT2D eigenvalue weighted by molar-refractivity contribution is 7.13. The number of likely N-dealkylation sites (tertiary alicyclic amines) is 1. The monoisotopic (exact) mass is 990 g/mol. The first-order chi connectivity index (χ1) is 33.1. The summed E-state index contributed by atoms with van der Waals surface area (Å²) in [5.41, 5.74) is 5.68. The molecule has 1 saturated heterocycles. The van der Waals surface area contributed by atoms with Gasteiger partial charge in [0.15, 0.2) is 0 Å². The van der Waals surface area contributed by atoms with Crippen molar-refractivity contribution in [2.24, 2.45) is 16.2 Å². The van der Waals surface area contributed by atoms with Gasteiger partial charge in [-0.2, -0.15) is 0 Å². The second-order valence-corrected chi connectivity index (χ2v) is 22.0. The molecule has 3 heterocycles. The number of ether oxygens (including phenoxy) is 2. The molecule has 4 atom stereocenters. The van der Waals surface area contributed by atoms with Crippen molar-refractivity contribution in [3.8, 4) is 28.0 Å². The number of nitrogens with one attached hydrogen (secondary N) is 2. The third-order valence-electron chi connectivity index (χ3n) is 13.7. The molecule has 4 N–H and O–H groups in total. The van der Waals surface area contributed by atoms with Crippen molar-refractivity contribution in [3.63, 3.8) is 0 Å². The first-order valence-corrected chi connectivity index (χ1v) is 24.9. The molecule has 7 rings (SSSR count). The number of aliphatic hydroxyl groups is 2. The molecular weight excluding hydrogens is 928 g/mol. The first-order valence-electron chi connectivity index (χ1n) is 23.7. The van der Waals surface area contributed by atoms with Gasteiger partial charge in [0.1, 0.15) is 30.5 Å². The minimum absolute atomic E-state index is 0.00708. The van der Waals surface area contributed by atoms with Gasteiger partial charge in [-0.15, -0.1) is 11.3 Å². The van der Waals surface area contributed by atoms with E-state index in [1.807, 2.05) is 75.1 Å². The van der Waals surface area contributed by atoms with Crippen LogP contribution in [0.5, 0.6) is 5.75 Å². The van der Waals surface area contributed by atoms with Gasteiger partial charge in [0.2, 0.25) is 23.4 Å². The molecule has 0 spiro atoms. The largest absolute Gasteiger partial charge is 0.489 e. The number of unbranched alkanes of at least 4 members (excludes halogenated alkanes) is 2. The molecule has 1 saturated carbocycles. The zero-order valence-corrected chi connectivity index (χ0v) is 42.7.